The highest BCUT2D eigenvalue weighted by Crippen LogP contribution is 2.47. The molecule has 9 nitrogen and oxygen atoms in total. The Morgan fingerprint density at radius 1 is 1.30 bits per heavy atom. The van der Waals surface area contributed by atoms with Gasteiger partial charge in [0.25, 0.3) is 0 Å². The summed E-state index contributed by atoms with van der Waals surface area (Å²) in [6.45, 7) is 2.84. The van der Waals surface area contributed by atoms with E-state index in [1.54, 1.807) is 15.2 Å². The van der Waals surface area contributed by atoms with Crippen molar-refractivity contribution in [3.63, 3.8) is 0 Å². The van der Waals surface area contributed by atoms with Crippen molar-refractivity contribution in [2.75, 3.05) is 19.6 Å². The summed E-state index contributed by atoms with van der Waals surface area (Å²) in [5.74, 6) is 0. The summed E-state index contributed by atoms with van der Waals surface area (Å²) in [7, 11) is -3.27. The Hall–Kier alpha value is -2.30. The van der Waals surface area contributed by atoms with E-state index < -0.39 is 20.3 Å². The molecule has 2 aliphatic rings. The topological polar surface area (TPSA) is 123 Å². The Labute approximate surface area is 156 Å². The third-order valence-electron chi connectivity index (χ3n) is 5.93. The van der Waals surface area contributed by atoms with Crippen molar-refractivity contribution in [1.82, 2.24) is 29.0 Å². The summed E-state index contributed by atoms with van der Waals surface area (Å²) < 4.78 is 28.2. The fourth-order valence-electron chi connectivity index (χ4n) is 3.70. The average molecular weight is 387 g/mol. The Balaban J connectivity index is 1.45. The van der Waals surface area contributed by atoms with Crippen LogP contribution in [0, 0.1) is 0 Å². The predicted molar refractivity (Wildman–Crippen MR) is 100 cm³/mol. The first-order chi connectivity index (χ1) is 12.9. The van der Waals surface area contributed by atoms with Crippen LogP contribution in [0.4, 0.5) is 0 Å². The minimum Gasteiger partial charge on any atom is -0.346 e. The second-order valence-corrected chi connectivity index (χ2v) is 10.2. The Morgan fingerprint density at radius 3 is 2.78 bits per heavy atom. The van der Waals surface area contributed by atoms with Gasteiger partial charge in [-0.1, -0.05) is 0 Å². The highest BCUT2D eigenvalue weighted by Gasteiger charge is 2.59. The molecule has 0 bridgehead atoms. The molecule has 3 aromatic rings. The van der Waals surface area contributed by atoms with E-state index in [1.807, 2.05) is 25.4 Å². The van der Waals surface area contributed by atoms with Gasteiger partial charge in [-0.25, -0.2) is 18.4 Å². The van der Waals surface area contributed by atoms with E-state index in [1.165, 1.54) is 6.33 Å². The fourth-order valence-corrected chi connectivity index (χ4v) is 5.76. The molecule has 1 aliphatic heterocycles. The summed E-state index contributed by atoms with van der Waals surface area (Å²) in [4.78, 5) is 11.7. The molecule has 1 saturated carbocycles. The van der Waals surface area contributed by atoms with Gasteiger partial charge in [-0.05, 0) is 25.8 Å². The molecule has 1 aliphatic carbocycles. The number of aromatic amines is 1. The van der Waals surface area contributed by atoms with Crippen LogP contribution in [0.3, 0.4) is 0 Å². The quantitative estimate of drug-likeness (QED) is 0.663. The van der Waals surface area contributed by atoms with Gasteiger partial charge in [0.05, 0.1) is 16.6 Å². The molecular formula is C17H21N7O2S. The van der Waals surface area contributed by atoms with Crippen molar-refractivity contribution in [2.45, 2.75) is 30.1 Å². The molecule has 0 amide bonds. The molecule has 0 unspecified atom stereocenters. The van der Waals surface area contributed by atoms with Gasteiger partial charge >= 0.3 is 0 Å². The van der Waals surface area contributed by atoms with Gasteiger partial charge < -0.3 is 10.7 Å². The minimum atomic E-state index is -3.27. The maximum absolute atomic E-state index is 12.7. The van der Waals surface area contributed by atoms with Crippen LogP contribution in [0.2, 0.25) is 0 Å². The summed E-state index contributed by atoms with van der Waals surface area (Å²) >= 11 is 0. The summed E-state index contributed by atoms with van der Waals surface area (Å²) in [6.07, 6.45) is 8.43. The molecule has 27 heavy (non-hydrogen) atoms. The van der Waals surface area contributed by atoms with Crippen LogP contribution in [0.1, 0.15) is 19.8 Å². The van der Waals surface area contributed by atoms with E-state index >= 15 is 0 Å². The number of nitrogens with zero attached hydrogens (tertiary/aromatic N) is 5. The van der Waals surface area contributed by atoms with Crippen LogP contribution in [0.25, 0.3) is 22.3 Å². The van der Waals surface area contributed by atoms with E-state index in [0.29, 0.717) is 19.6 Å². The minimum absolute atomic E-state index is 0.320. The maximum Gasteiger partial charge on any atom is 0.219 e. The van der Waals surface area contributed by atoms with Gasteiger partial charge in [-0.2, -0.15) is 9.40 Å². The van der Waals surface area contributed by atoms with Gasteiger partial charge in [0.2, 0.25) is 10.0 Å². The number of hydrogen-bond acceptors (Lipinski definition) is 6. The number of H-pyrrole nitrogens is 1. The lowest BCUT2D eigenvalue weighted by atomic mass is 9.93. The molecule has 0 atom stereocenters. The second-order valence-electron chi connectivity index (χ2n) is 7.79. The standard InChI is InChI=1S/C17H21N7O2S/c1-16(3-4-16)27(25,26)23-9-17(8-18,10-23)24-7-12(6-22-24)14-13-2-5-19-15(13)21-11-20-14/h2,5-7,11H,3-4,8-10,18H2,1H3,(H,19,20,21). The lowest BCUT2D eigenvalue weighted by Crippen LogP contribution is -2.68. The van der Waals surface area contributed by atoms with Gasteiger partial charge in [0.15, 0.2) is 0 Å². The first-order valence-electron chi connectivity index (χ1n) is 8.92. The number of nitrogens with two attached hydrogens (primary N) is 1. The summed E-state index contributed by atoms with van der Waals surface area (Å²) in [5, 5.41) is 5.40. The third-order valence-corrected chi connectivity index (χ3v) is 8.53. The van der Waals surface area contributed by atoms with Crippen LogP contribution < -0.4 is 5.73 Å². The summed E-state index contributed by atoms with van der Waals surface area (Å²) in [5.41, 5.74) is 7.93. The van der Waals surface area contributed by atoms with Crippen molar-refractivity contribution >= 4 is 21.1 Å². The van der Waals surface area contributed by atoms with E-state index in [0.717, 1.165) is 35.1 Å². The van der Waals surface area contributed by atoms with Crippen LogP contribution in [-0.4, -0.2) is 61.8 Å². The number of aromatic nitrogens is 5. The van der Waals surface area contributed by atoms with Crippen LogP contribution in [-0.2, 0) is 15.6 Å². The molecule has 2 fully saturated rings. The van der Waals surface area contributed by atoms with Crippen molar-refractivity contribution in [3.05, 3.63) is 31.0 Å². The highest BCUT2D eigenvalue weighted by atomic mass is 32.2. The number of rotatable bonds is 5. The molecule has 142 valence electrons. The second kappa shape index (κ2) is 5.37. The molecule has 3 N–H and O–H groups in total. The van der Waals surface area contributed by atoms with E-state index in [4.69, 9.17) is 5.73 Å². The smallest absolute Gasteiger partial charge is 0.219 e. The first kappa shape index (κ1) is 16.8. The largest absolute Gasteiger partial charge is 0.346 e. The van der Waals surface area contributed by atoms with Crippen molar-refractivity contribution < 1.29 is 8.42 Å². The number of fused-ring (bicyclic) bond motifs is 1. The van der Waals surface area contributed by atoms with Crippen molar-refractivity contribution in [2.24, 2.45) is 5.73 Å². The van der Waals surface area contributed by atoms with Gasteiger partial charge in [-0.3, -0.25) is 4.68 Å². The monoisotopic (exact) mass is 387 g/mol. The normalized spacial score (nSPS) is 21.3. The zero-order chi connectivity index (χ0) is 18.9. The average Bonchev–Trinajstić information content (AvgIpc) is 3.03. The Bertz CT molecular complexity index is 1120. The van der Waals surface area contributed by atoms with E-state index in [9.17, 15) is 8.42 Å². The van der Waals surface area contributed by atoms with E-state index in [-0.39, 0.29) is 0 Å². The zero-order valence-corrected chi connectivity index (χ0v) is 15.8. The lowest BCUT2D eigenvalue weighted by molar-refractivity contribution is 0.0747. The fraction of sp³-hybridized carbons (Fsp3) is 0.471. The molecule has 1 saturated heterocycles. The molecule has 3 aromatic heterocycles. The first-order valence-corrected chi connectivity index (χ1v) is 10.4. The number of sulfonamides is 1. The van der Waals surface area contributed by atoms with Crippen molar-refractivity contribution in [3.8, 4) is 11.3 Å². The number of nitrogens with one attached hydrogen (secondary N) is 1. The molecular weight excluding hydrogens is 366 g/mol. The Kier molecular flexibility index (Phi) is 3.35. The highest BCUT2D eigenvalue weighted by molar-refractivity contribution is 7.90. The maximum atomic E-state index is 12.7. The predicted octanol–water partition coefficient (Wildman–Crippen LogP) is 0.673. The van der Waals surface area contributed by atoms with Crippen LogP contribution >= 0.6 is 0 Å². The molecule has 0 spiro atoms. The molecule has 5 rings (SSSR count). The summed E-state index contributed by atoms with van der Waals surface area (Å²) in [6, 6.07) is 1.93. The Morgan fingerprint density at radius 2 is 2.07 bits per heavy atom. The van der Waals surface area contributed by atoms with Crippen LogP contribution in [0.5, 0.6) is 0 Å². The lowest BCUT2D eigenvalue weighted by Gasteiger charge is -2.49. The van der Waals surface area contributed by atoms with Gasteiger partial charge in [-0.15, -0.1) is 0 Å². The zero-order valence-electron chi connectivity index (χ0n) is 15.0. The molecule has 0 aromatic carbocycles. The molecule has 10 heteroatoms. The van der Waals surface area contributed by atoms with E-state index in [2.05, 4.69) is 20.1 Å². The number of hydrogen-bond donors (Lipinski definition) is 2. The third kappa shape index (κ3) is 2.30. The van der Waals surface area contributed by atoms with Gasteiger partial charge in [0, 0.05) is 43.0 Å². The van der Waals surface area contributed by atoms with Crippen molar-refractivity contribution in [1.29, 1.82) is 0 Å². The SMILES string of the molecule is CC1(S(=O)(=O)N2CC(CN)(n3cc(-c4ncnc5[nH]ccc45)cn3)C2)CC1. The van der Waals surface area contributed by atoms with Crippen LogP contribution in [0.15, 0.2) is 31.0 Å². The molecule has 0 radical (unpaired) electrons. The van der Waals surface area contributed by atoms with Gasteiger partial charge in [0.1, 0.15) is 17.5 Å². The molecule has 4 heterocycles.